The van der Waals surface area contributed by atoms with Crippen molar-refractivity contribution in [1.82, 2.24) is 0 Å². The molecule has 2 saturated heterocycles. The molecule has 0 bridgehead atoms. The van der Waals surface area contributed by atoms with Gasteiger partial charge in [-0.15, -0.1) is 0 Å². The minimum Gasteiger partial charge on any atom is -0.413 e. The molecule has 72 valence electrons. The molecule has 2 aliphatic rings. The van der Waals surface area contributed by atoms with Crippen molar-refractivity contribution in [3.63, 3.8) is 0 Å². The van der Waals surface area contributed by atoms with Crippen LogP contribution in [-0.2, 0) is 18.6 Å². The lowest BCUT2D eigenvalue weighted by Gasteiger charge is -2.30. The van der Waals surface area contributed by atoms with Crippen molar-refractivity contribution < 1.29 is 18.6 Å². The third-order valence-corrected chi connectivity index (χ3v) is 2.25. The van der Waals surface area contributed by atoms with Crippen molar-refractivity contribution in [3.05, 3.63) is 0 Å². The maximum atomic E-state index is 5.55. The van der Waals surface area contributed by atoms with Crippen LogP contribution in [0.4, 0.5) is 0 Å². The molecule has 0 saturated carbocycles. The minimum absolute atomic E-state index is 0.243. The summed E-state index contributed by atoms with van der Waals surface area (Å²) in [5.74, 6) is 0. The molecule has 0 radical (unpaired) electrons. The highest BCUT2D eigenvalue weighted by Crippen LogP contribution is 2.14. The van der Waals surface area contributed by atoms with Crippen LogP contribution in [-0.4, -0.2) is 39.9 Å². The van der Waals surface area contributed by atoms with Gasteiger partial charge in [0.25, 0.3) is 0 Å². The molecule has 0 aliphatic carbocycles. The topological polar surface area (TPSA) is 36.9 Å². The molecule has 0 aromatic rings. The van der Waals surface area contributed by atoms with Crippen molar-refractivity contribution >= 4 is 14.0 Å². The summed E-state index contributed by atoms with van der Waals surface area (Å²) in [5, 5.41) is 0. The quantitative estimate of drug-likeness (QED) is 0.549. The van der Waals surface area contributed by atoms with E-state index in [0.717, 1.165) is 32.7 Å². The summed E-state index contributed by atoms with van der Waals surface area (Å²) >= 11 is 0. The Hall–Kier alpha value is -0.0301. The van der Waals surface area contributed by atoms with Crippen LogP contribution in [0.2, 0.25) is 0 Å². The van der Waals surface area contributed by atoms with Crippen molar-refractivity contribution in [2.45, 2.75) is 25.9 Å². The van der Waals surface area contributed by atoms with Gasteiger partial charge in [-0.05, 0) is 19.8 Å². The molecule has 6 heteroatoms. The highest BCUT2D eigenvalue weighted by molar-refractivity contribution is 7.10. The van der Waals surface area contributed by atoms with E-state index in [9.17, 15) is 0 Å². The van der Waals surface area contributed by atoms with Gasteiger partial charge in [0, 0.05) is 25.9 Å². The van der Waals surface area contributed by atoms with Crippen LogP contribution in [0.3, 0.4) is 0 Å². The predicted molar refractivity (Wildman–Crippen MR) is 49.1 cm³/mol. The first-order valence-corrected chi connectivity index (χ1v) is 4.86. The minimum atomic E-state index is -0.330. The second-order valence-electron chi connectivity index (χ2n) is 3.44. The van der Waals surface area contributed by atoms with Crippen molar-refractivity contribution in [1.29, 1.82) is 0 Å². The molecule has 2 heterocycles. The van der Waals surface area contributed by atoms with Crippen LogP contribution >= 0.6 is 0 Å². The summed E-state index contributed by atoms with van der Waals surface area (Å²) < 4.78 is 21.8. The van der Waals surface area contributed by atoms with Crippen LogP contribution < -0.4 is 0 Å². The molecule has 0 aromatic heterocycles. The first-order valence-electron chi connectivity index (χ1n) is 4.86. The Morgan fingerprint density at radius 2 is 1.69 bits per heavy atom. The van der Waals surface area contributed by atoms with E-state index < -0.39 is 0 Å². The van der Waals surface area contributed by atoms with Gasteiger partial charge in [0.1, 0.15) is 0 Å². The fourth-order valence-electron chi connectivity index (χ4n) is 1.49. The van der Waals surface area contributed by atoms with Crippen molar-refractivity contribution in [2.75, 3.05) is 19.8 Å². The predicted octanol–water partition coefficient (Wildman–Crippen LogP) is 0.304. The molecule has 2 fully saturated rings. The fourth-order valence-corrected chi connectivity index (χ4v) is 1.49. The van der Waals surface area contributed by atoms with Gasteiger partial charge in [0.05, 0.1) is 0 Å². The first-order chi connectivity index (χ1) is 6.36. The zero-order valence-corrected chi connectivity index (χ0v) is 7.90. The van der Waals surface area contributed by atoms with E-state index in [1.165, 1.54) is 0 Å². The van der Waals surface area contributed by atoms with Gasteiger partial charge in [-0.1, -0.05) is 0 Å². The Bertz CT molecular complexity index is 163. The lowest BCUT2D eigenvalue weighted by atomic mass is 9.47. The van der Waals surface area contributed by atoms with E-state index in [0.29, 0.717) is 0 Å². The molecule has 4 nitrogen and oxygen atoms in total. The summed E-state index contributed by atoms with van der Waals surface area (Å²) in [5.41, 5.74) is 0. The van der Waals surface area contributed by atoms with Gasteiger partial charge in [-0.2, -0.15) is 0 Å². The highest BCUT2D eigenvalue weighted by Gasteiger charge is 2.43. The second kappa shape index (κ2) is 4.46. The number of hydrogen-bond donors (Lipinski definition) is 0. The standard InChI is InChI=1S/C7H14B2O4/c1-7-3-6-12-9(13-7)8-10-4-2-5-11-8/h7H,2-6H2,1H3. The van der Waals surface area contributed by atoms with E-state index in [4.69, 9.17) is 18.6 Å². The maximum Gasteiger partial charge on any atom is 0.488 e. The van der Waals surface area contributed by atoms with Crippen molar-refractivity contribution in [3.8, 4) is 0 Å². The smallest absolute Gasteiger partial charge is 0.413 e. The van der Waals surface area contributed by atoms with Crippen LogP contribution in [0.15, 0.2) is 0 Å². The van der Waals surface area contributed by atoms with Gasteiger partial charge in [-0.25, -0.2) is 0 Å². The highest BCUT2D eigenvalue weighted by atomic mass is 16.7. The Kier molecular flexibility index (Phi) is 3.27. The van der Waals surface area contributed by atoms with E-state index in [2.05, 4.69) is 0 Å². The Morgan fingerprint density at radius 1 is 1.00 bits per heavy atom. The lowest BCUT2D eigenvalue weighted by molar-refractivity contribution is 0.0691. The zero-order valence-electron chi connectivity index (χ0n) is 7.90. The lowest BCUT2D eigenvalue weighted by Crippen LogP contribution is -2.52. The van der Waals surface area contributed by atoms with Gasteiger partial charge < -0.3 is 18.6 Å². The third-order valence-electron chi connectivity index (χ3n) is 2.25. The molecular formula is C7H14B2O4. The first kappa shape index (κ1) is 9.52. The Balaban J connectivity index is 1.83. The van der Waals surface area contributed by atoms with Gasteiger partial charge in [0.15, 0.2) is 0 Å². The molecular weight excluding hydrogens is 170 g/mol. The van der Waals surface area contributed by atoms with Gasteiger partial charge in [0.2, 0.25) is 0 Å². The van der Waals surface area contributed by atoms with Crippen LogP contribution in [0, 0.1) is 0 Å². The summed E-state index contributed by atoms with van der Waals surface area (Å²) in [6.45, 7) is 4.25. The molecule has 2 aliphatic heterocycles. The Morgan fingerprint density at radius 3 is 2.38 bits per heavy atom. The number of hydrogen-bond acceptors (Lipinski definition) is 4. The number of rotatable bonds is 1. The SMILES string of the molecule is CC1CCOB(B2OCCCO2)O1. The molecule has 0 aromatic carbocycles. The average Bonchev–Trinajstić information content (AvgIpc) is 2.19. The van der Waals surface area contributed by atoms with E-state index in [-0.39, 0.29) is 20.1 Å². The molecule has 1 unspecified atom stereocenters. The second-order valence-corrected chi connectivity index (χ2v) is 3.44. The molecule has 0 amide bonds. The molecule has 1 atom stereocenters. The van der Waals surface area contributed by atoms with Crippen molar-refractivity contribution in [2.24, 2.45) is 0 Å². The van der Waals surface area contributed by atoms with Gasteiger partial charge >= 0.3 is 14.0 Å². The van der Waals surface area contributed by atoms with E-state index in [1.807, 2.05) is 6.92 Å². The maximum absolute atomic E-state index is 5.55. The summed E-state index contributed by atoms with van der Waals surface area (Å²) in [7, 11) is -0.652. The monoisotopic (exact) mass is 184 g/mol. The molecule has 0 spiro atoms. The normalized spacial score (nSPS) is 30.7. The molecule has 13 heavy (non-hydrogen) atoms. The Labute approximate surface area is 79.1 Å². The molecule has 0 N–H and O–H groups in total. The van der Waals surface area contributed by atoms with Crippen LogP contribution in [0.25, 0.3) is 0 Å². The molecule has 2 rings (SSSR count). The van der Waals surface area contributed by atoms with Gasteiger partial charge in [-0.3, -0.25) is 0 Å². The summed E-state index contributed by atoms with van der Waals surface area (Å²) in [4.78, 5) is 0. The average molecular weight is 184 g/mol. The fraction of sp³-hybridized carbons (Fsp3) is 1.00. The van der Waals surface area contributed by atoms with Crippen LogP contribution in [0.1, 0.15) is 19.8 Å². The third kappa shape index (κ3) is 2.46. The van der Waals surface area contributed by atoms with E-state index in [1.54, 1.807) is 0 Å². The summed E-state index contributed by atoms with van der Waals surface area (Å²) in [6, 6.07) is 0. The largest absolute Gasteiger partial charge is 0.488 e. The van der Waals surface area contributed by atoms with Crippen LogP contribution in [0.5, 0.6) is 0 Å². The van der Waals surface area contributed by atoms with E-state index >= 15 is 0 Å². The summed E-state index contributed by atoms with van der Waals surface area (Å²) in [6.07, 6.45) is 2.15. The zero-order chi connectivity index (χ0) is 9.10.